The number of aliphatic hydroxyl groups excluding tert-OH is 1. The molecule has 0 saturated carbocycles. The minimum atomic E-state index is -0.0535. The third-order valence-corrected chi connectivity index (χ3v) is 3.33. The zero-order valence-corrected chi connectivity index (χ0v) is 12.4. The first-order valence-electron chi connectivity index (χ1n) is 5.98. The molecule has 0 saturated heterocycles. The van der Waals surface area contributed by atoms with Crippen LogP contribution in [0.25, 0.3) is 0 Å². The highest BCUT2D eigenvalue weighted by atomic mass is 35.5. The van der Waals surface area contributed by atoms with Crippen molar-refractivity contribution in [2.75, 3.05) is 7.11 Å². The van der Waals surface area contributed by atoms with Crippen LogP contribution in [0.5, 0.6) is 11.5 Å². The van der Waals surface area contributed by atoms with Crippen molar-refractivity contribution in [2.45, 2.75) is 13.2 Å². The topological polar surface area (TPSA) is 38.7 Å². The first-order chi connectivity index (χ1) is 9.63. The Kier molecular flexibility index (Phi) is 5.12. The summed E-state index contributed by atoms with van der Waals surface area (Å²) in [5, 5.41) is 10.1. The second-order valence-corrected chi connectivity index (χ2v) is 5.01. The van der Waals surface area contributed by atoms with Gasteiger partial charge in [0.15, 0.2) is 0 Å². The van der Waals surface area contributed by atoms with Crippen molar-refractivity contribution in [1.82, 2.24) is 0 Å². The van der Waals surface area contributed by atoms with Crippen LogP contribution < -0.4 is 9.47 Å². The van der Waals surface area contributed by atoms with Crippen molar-refractivity contribution < 1.29 is 14.6 Å². The molecule has 0 fully saturated rings. The maximum absolute atomic E-state index is 9.03. The van der Waals surface area contributed by atoms with Crippen LogP contribution in [-0.2, 0) is 13.2 Å². The van der Waals surface area contributed by atoms with E-state index in [-0.39, 0.29) is 6.61 Å². The molecule has 5 heteroatoms. The van der Waals surface area contributed by atoms with Gasteiger partial charge in [0.1, 0.15) is 18.1 Å². The van der Waals surface area contributed by atoms with Gasteiger partial charge in [-0.3, -0.25) is 0 Å². The summed E-state index contributed by atoms with van der Waals surface area (Å²) < 4.78 is 10.9. The molecule has 0 bridgehead atoms. The number of methoxy groups -OCH3 is 1. The Morgan fingerprint density at radius 2 is 1.80 bits per heavy atom. The van der Waals surface area contributed by atoms with E-state index in [9.17, 15) is 0 Å². The molecule has 1 N–H and O–H groups in total. The van der Waals surface area contributed by atoms with Gasteiger partial charge in [-0.05, 0) is 35.9 Å². The maximum Gasteiger partial charge on any atom is 0.138 e. The highest BCUT2D eigenvalue weighted by Crippen LogP contribution is 2.28. The molecule has 0 heterocycles. The molecule has 0 radical (unpaired) electrons. The molecule has 0 aliphatic rings. The number of halogens is 2. The number of ether oxygens (including phenoxy) is 2. The predicted molar refractivity (Wildman–Crippen MR) is 79.7 cm³/mol. The van der Waals surface area contributed by atoms with Crippen LogP contribution in [-0.4, -0.2) is 12.2 Å². The van der Waals surface area contributed by atoms with E-state index in [1.807, 2.05) is 0 Å². The van der Waals surface area contributed by atoms with Crippen LogP contribution in [0.15, 0.2) is 36.4 Å². The van der Waals surface area contributed by atoms with E-state index in [1.54, 1.807) is 43.5 Å². The van der Waals surface area contributed by atoms with Gasteiger partial charge in [-0.15, -0.1) is 0 Å². The summed E-state index contributed by atoms with van der Waals surface area (Å²) in [6.07, 6.45) is 0. The summed E-state index contributed by atoms with van der Waals surface area (Å²) >= 11 is 12.0. The van der Waals surface area contributed by atoms with E-state index >= 15 is 0 Å². The average Bonchev–Trinajstić information content (AvgIpc) is 2.46. The third kappa shape index (κ3) is 3.57. The van der Waals surface area contributed by atoms with Gasteiger partial charge in [-0.1, -0.05) is 29.3 Å². The van der Waals surface area contributed by atoms with Crippen molar-refractivity contribution in [2.24, 2.45) is 0 Å². The van der Waals surface area contributed by atoms with Crippen LogP contribution in [0, 0.1) is 0 Å². The van der Waals surface area contributed by atoms with Gasteiger partial charge in [0.25, 0.3) is 0 Å². The Labute approximate surface area is 127 Å². The molecule has 0 aromatic heterocycles. The van der Waals surface area contributed by atoms with Crippen LogP contribution in [0.2, 0.25) is 10.0 Å². The maximum atomic E-state index is 9.03. The van der Waals surface area contributed by atoms with Gasteiger partial charge in [0, 0.05) is 10.6 Å². The van der Waals surface area contributed by atoms with Crippen molar-refractivity contribution >= 4 is 23.2 Å². The normalized spacial score (nSPS) is 10.4. The van der Waals surface area contributed by atoms with Gasteiger partial charge >= 0.3 is 0 Å². The molecular weight excluding hydrogens is 299 g/mol. The first kappa shape index (κ1) is 15.0. The largest absolute Gasteiger partial charge is 0.496 e. The van der Waals surface area contributed by atoms with Gasteiger partial charge < -0.3 is 14.6 Å². The highest BCUT2D eigenvalue weighted by Gasteiger charge is 2.07. The first-order valence-corrected chi connectivity index (χ1v) is 6.74. The zero-order valence-electron chi connectivity index (χ0n) is 10.9. The molecule has 2 aromatic rings. The number of benzene rings is 2. The fourth-order valence-electron chi connectivity index (χ4n) is 1.78. The van der Waals surface area contributed by atoms with E-state index in [4.69, 9.17) is 37.8 Å². The second kappa shape index (κ2) is 6.84. The molecule has 106 valence electrons. The zero-order chi connectivity index (χ0) is 14.5. The molecule has 0 unspecified atom stereocenters. The van der Waals surface area contributed by atoms with E-state index in [2.05, 4.69) is 0 Å². The molecule has 0 aliphatic heterocycles. The number of rotatable bonds is 5. The summed E-state index contributed by atoms with van der Waals surface area (Å²) in [6, 6.07) is 10.5. The monoisotopic (exact) mass is 312 g/mol. The Morgan fingerprint density at radius 1 is 1.05 bits per heavy atom. The minimum Gasteiger partial charge on any atom is -0.496 e. The Morgan fingerprint density at radius 3 is 2.45 bits per heavy atom. The molecular formula is C15H14Cl2O3. The van der Waals surface area contributed by atoms with Crippen molar-refractivity contribution in [3.05, 3.63) is 57.6 Å². The van der Waals surface area contributed by atoms with Crippen LogP contribution >= 0.6 is 23.2 Å². The molecule has 2 rings (SSSR count). The van der Waals surface area contributed by atoms with E-state index < -0.39 is 0 Å². The summed E-state index contributed by atoms with van der Waals surface area (Å²) in [6.45, 7) is 0.240. The Bertz CT molecular complexity index is 600. The van der Waals surface area contributed by atoms with Crippen molar-refractivity contribution in [1.29, 1.82) is 0 Å². The number of hydrogen-bond acceptors (Lipinski definition) is 3. The molecule has 3 nitrogen and oxygen atoms in total. The van der Waals surface area contributed by atoms with Crippen LogP contribution in [0.1, 0.15) is 11.1 Å². The molecule has 0 spiro atoms. The average molecular weight is 313 g/mol. The van der Waals surface area contributed by atoms with Gasteiger partial charge in [-0.25, -0.2) is 0 Å². The molecule has 0 aliphatic carbocycles. The Hall–Kier alpha value is -1.42. The lowest BCUT2D eigenvalue weighted by Gasteiger charge is -2.12. The van der Waals surface area contributed by atoms with Gasteiger partial charge in [-0.2, -0.15) is 0 Å². The minimum absolute atomic E-state index is 0.0535. The summed E-state index contributed by atoms with van der Waals surface area (Å²) in [5.74, 6) is 1.25. The van der Waals surface area contributed by atoms with Crippen LogP contribution in [0.4, 0.5) is 0 Å². The lowest BCUT2D eigenvalue weighted by molar-refractivity contribution is 0.280. The lowest BCUT2D eigenvalue weighted by Crippen LogP contribution is -1.99. The summed E-state index contributed by atoms with van der Waals surface area (Å²) in [7, 11) is 1.59. The van der Waals surface area contributed by atoms with E-state index in [1.165, 1.54) is 0 Å². The summed E-state index contributed by atoms with van der Waals surface area (Å²) in [5.41, 5.74) is 1.57. The van der Waals surface area contributed by atoms with Gasteiger partial charge in [0.2, 0.25) is 0 Å². The predicted octanol–water partition coefficient (Wildman–Crippen LogP) is 4.07. The molecule has 0 amide bonds. The Balaban J connectivity index is 2.14. The fraction of sp³-hybridized carbons (Fsp3) is 0.200. The molecule has 2 aromatic carbocycles. The second-order valence-electron chi connectivity index (χ2n) is 4.17. The van der Waals surface area contributed by atoms with Crippen LogP contribution in [0.3, 0.4) is 0 Å². The lowest BCUT2D eigenvalue weighted by atomic mass is 10.2. The third-order valence-electron chi connectivity index (χ3n) is 2.80. The smallest absolute Gasteiger partial charge is 0.138 e. The van der Waals surface area contributed by atoms with Crippen molar-refractivity contribution in [3.8, 4) is 11.5 Å². The standard InChI is InChI=1S/C15H14Cl2O3/c1-19-14-5-3-12(16)7-11(14)9-20-15-4-2-10(8-18)6-13(15)17/h2-7,18H,8-9H2,1H3. The highest BCUT2D eigenvalue weighted by molar-refractivity contribution is 6.32. The van der Waals surface area contributed by atoms with E-state index in [0.717, 1.165) is 11.1 Å². The van der Waals surface area contributed by atoms with Gasteiger partial charge in [0.05, 0.1) is 18.7 Å². The molecule has 0 atom stereocenters. The quantitative estimate of drug-likeness (QED) is 0.904. The SMILES string of the molecule is COc1ccc(Cl)cc1COc1ccc(CO)cc1Cl. The van der Waals surface area contributed by atoms with E-state index in [0.29, 0.717) is 28.2 Å². The molecule has 20 heavy (non-hydrogen) atoms. The number of hydrogen-bond donors (Lipinski definition) is 1. The van der Waals surface area contributed by atoms with Crippen molar-refractivity contribution in [3.63, 3.8) is 0 Å². The number of aliphatic hydroxyl groups is 1. The summed E-state index contributed by atoms with van der Waals surface area (Å²) in [4.78, 5) is 0. The fourth-order valence-corrected chi connectivity index (χ4v) is 2.23.